The lowest BCUT2D eigenvalue weighted by molar-refractivity contribution is -0.136. The van der Waals surface area contributed by atoms with Gasteiger partial charge in [0.2, 0.25) is 0 Å². The zero-order valence-electron chi connectivity index (χ0n) is 22.6. The van der Waals surface area contributed by atoms with Crippen LogP contribution >= 0.6 is 0 Å². The molecule has 206 valence electrons. The second-order valence-electron chi connectivity index (χ2n) is 8.88. The molecule has 0 atom stereocenters. The predicted molar refractivity (Wildman–Crippen MR) is 148 cm³/mol. The topological polar surface area (TPSA) is 127 Å². The van der Waals surface area contributed by atoms with E-state index >= 15 is 0 Å². The fourth-order valence-corrected chi connectivity index (χ4v) is 4.13. The van der Waals surface area contributed by atoms with Gasteiger partial charge in [-0.3, -0.25) is 19.3 Å². The Morgan fingerprint density at radius 2 is 1.65 bits per heavy atom. The first kappa shape index (κ1) is 27.9. The quantitative estimate of drug-likeness (QED) is 0.249. The minimum Gasteiger partial charge on any atom is -0.494 e. The first-order chi connectivity index (χ1) is 19.2. The van der Waals surface area contributed by atoms with Gasteiger partial charge >= 0.3 is 17.8 Å². The van der Waals surface area contributed by atoms with Gasteiger partial charge in [0.15, 0.2) is 0 Å². The number of anilines is 2. The number of aryl methyl sites for hydroxylation is 1. The first-order valence-electron chi connectivity index (χ1n) is 12.5. The molecule has 1 aromatic heterocycles. The smallest absolute Gasteiger partial charge is 0.340 e. The van der Waals surface area contributed by atoms with Gasteiger partial charge in [0.1, 0.15) is 17.3 Å². The molecule has 10 heteroatoms. The maximum atomic E-state index is 13.5. The zero-order chi connectivity index (χ0) is 28.8. The third kappa shape index (κ3) is 6.12. The Kier molecular flexibility index (Phi) is 8.48. The minimum atomic E-state index is -0.833. The van der Waals surface area contributed by atoms with Crippen molar-refractivity contribution in [3.05, 3.63) is 94.6 Å². The highest BCUT2D eigenvalue weighted by Crippen LogP contribution is 2.36. The van der Waals surface area contributed by atoms with E-state index in [0.717, 1.165) is 5.56 Å². The lowest BCUT2D eigenvalue weighted by atomic mass is 10.1. The van der Waals surface area contributed by atoms with E-state index in [4.69, 9.17) is 13.9 Å². The minimum absolute atomic E-state index is 0.0612. The van der Waals surface area contributed by atoms with Crippen molar-refractivity contribution in [2.24, 2.45) is 0 Å². The fraction of sp³-hybridized carbons (Fsp3) is 0.200. The first-order valence-corrected chi connectivity index (χ1v) is 12.5. The number of furan rings is 1. The number of methoxy groups -OCH3 is 1. The molecular formula is C30H29N3O7. The van der Waals surface area contributed by atoms with Gasteiger partial charge in [-0.2, -0.15) is 0 Å². The van der Waals surface area contributed by atoms with Crippen LogP contribution in [0.1, 0.15) is 30.9 Å². The van der Waals surface area contributed by atoms with Crippen LogP contribution in [0, 0.1) is 6.92 Å². The van der Waals surface area contributed by atoms with Crippen molar-refractivity contribution in [3.8, 4) is 5.75 Å². The van der Waals surface area contributed by atoms with Crippen LogP contribution in [0.2, 0.25) is 0 Å². The molecule has 0 fully saturated rings. The van der Waals surface area contributed by atoms with Gasteiger partial charge in [-0.25, -0.2) is 4.79 Å². The summed E-state index contributed by atoms with van der Waals surface area (Å²) in [5.41, 5.74) is 2.70. The molecule has 0 spiro atoms. The lowest BCUT2D eigenvalue weighted by Gasteiger charge is -2.18. The van der Waals surface area contributed by atoms with Crippen LogP contribution in [0.4, 0.5) is 11.4 Å². The molecule has 2 aromatic carbocycles. The molecule has 40 heavy (non-hydrogen) atoms. The molecule has 0 radical (unpaired) electrons. The molecule has 2 heterocycles. The maximum Gasteiger partial charge on any atom is 0.340 e. The molecule has 4 rings (SSSR count). The maximum absolute atomic E-state index is 13.5. The molecular weight excluding hydrogens is 514 g/mol. The Hall–Kier alpha value is -5.12. The number of carbonyl (C=O) groups excluding carboxylic acids is 4. The molecule has 0 saturated carbocycles. The average molecular weight is 544 g/mol. The van der Waals surface area contributed by atoms with E-state index in [0.29, 0.717) is 35.2 Å². The zero-order valence-corrected chi connectivity index (χ0v) is 22.6. The molecule has 10 nitrogen and oxygen atoms in total. The van der Waals surface area contributed by atoms with Gasteiger partial charge in [-0.05, 0) is 75.4 Å². The Bertz CT molecular complexity index is 1500. The summed E-state index contributed by atoms with van der Waals surface area (Å²) in [5.74, 6) is -1.46. The largest absolute Gasteiger partial charge is 0.494 e. The van der Waals surface area contributed by atoms with E-state index in [2.05, 4.69) is 10.6 Å². The van der Waals surface area contributed by atoms with Crippen LogP contribution in [-0.2, 0) is 30.5 Å². The Morgan fingerprint density at radius 3 is 2.30 bits per heavy atom. The molecule has 0 aliphatic carbocycles. The van der Waals surface area contributed by atoms with Crippen molar-refractivity contribution in [3.63, 3.8) is 0 Å². The van der Waals surface area contributed by atoms with Crippen molar-refractivity contribution in [1.29, 1.82) is 0 Å². The number of nitrogens with zero attached hydrogens (tertiary/aromatic N) is 1. The third-order valence-electron chi connectivity index (χ3n) is 6.10. The van der Waals surface area contributed by atoms with Crippen LogP contribution in [0.5, 0.6) is 5.75 Å². The number of rotatable bonds is 8. The summed E-state index contributed by atoms with van der Waals surface area (Å²) in [7, 11) is 1.24. The van der Waals surface area contributed by atoms with Crippen molar-refractivity contribution in [1.82, 2.24) is 5.32 Å². The molecule has 1 aliphatic rings. The SMILES string of the molecule is CCOc1ccc(N2C(=O)/C(=C/c3ccc(CNC(=O)C(=O)Nc4ccc(C)cc4)o3)C(C(=O)OC)=C2C)cc1. The van der Waals surface area contributed by atoms with Gasteiger partial charge in [0.25, 0.3) is 5.91 Å². The number of amides is 3. The Morgan fingerprint density at radius 1 is 0.950 bits per heavy atom. The van der Waals surface area contributed by atoms with Gasteiger partial charge in [-0.15, -0.1) is 0 Å². The van der Waals surface area contributed by atoms with Crippen LogP contribution in [0.15, 0.2) is 81.9 Å². The molecule has 0 bridgehead atoms. The number of hydrogen-bond donors (Lipinski definition) is 2. The normalized spacial score (nSPS) is 13.9. The van der Waals surface area contributed by atoms with Crippen molar-refractivity contribution >= 4 is 41.1 Å². The average Bonchev–Trinajstić information content (AvgIpc) is 3.50. The van der Waals surface area contributed by atoms with Gasteiger partial charge in [0.05, 0.1) is 31.4 Å². The fourth-order valence-electron chi connectivity index (χ4n) is 4.13. The Labute approximate surface area is 231 Å². The van der Waals surface area contributed by atoms with Gasteiger partial charge < -0.3 is 24.5 Å². The third-order valence-corrected chi connectivity index (χ3v) is 6.10. The van der Waals surface area contributed by atoms with Gasteiger partial charge in [-0.1, -0.05) is 17.7 Å². The van der Waals surface area contributed by atoms with Crippen molar-refractivity contribution < 1.29 is 33.1 Å². The molecule has 2 N–H and O–H groups in total. The standard InChI is InChI=1S/C30H29N3O7/c1-5-39-22-12-10-21(11-13-22)33-19(3)26(30(37)38-4)25(29(33)36)16-23-14-15-24(40-23)17-31-27(34)28(35)32-20-8-6-18(2)7-9-20/h6-16H,5,17H2,1-4H3,(H,31,34)(H,32,35)/b25-16+. The van der Waals surface area contributed by atoms with Crippen LogP contribution in [0.3, 0.4) is 0 Å². The molecule has 0 saturated heterocycles. The summed E-state index contributed by atoms with van der Waals surface area (Å²) < 4.78 is 16.2. The van der Waals surface area contributed by atoms with E-state index in [-0.39, 0.29) is 23.5 Å². The summed E-state index contributed by atoms with van der Waals surface area (Å²) in [6.07, 6.45) is 1.45. The van der Waals surface area contributed by atoms with E-state index in [9.17, 15) is 19.2 Å². The number of nitrogens with one attached hydrogen (secondary N) is 2. The summed E-state index contributed by atoms with van der Waals surface area (Å²) >= 11 is 0. The molecule has 3 amide bonds. The predicted octanol–water partition coefficient (Wildman–Crippen LogP) is 4.12. The highest BCUT2D eigenvalue weighted by molar-refractivity contribution is 6.39. The summed E-state index contributed by atoms with van der Waals surface area (Å²) in [6.45, 7) is 5.90. The highest BCUT2D eigenvalue weighted by atomic mass is 16.5. The summed E-state index contributed by atoms with van der Waals surface area (Å²) in [5, 5.41) is 5.02. The molecule has 1 aliphatic heterocycles. The second-order valence-corrected chi connectivity index (χ2v) is 8.88. The van der Waals surface area contributed by atoms with Crippen LogP contribution in [0.25, 0.3) is 6.08 Å². The van der Waals surface area contributed by atoms with E-state index < -0.39 is 23.7 Å². The summed E-state index contributed by atoms with van der Waals surface area (Å²) in [6, 6.07) is 17.2. The molecule has 3 aromatic rings. The number of hydrogen-bond acceptors (Lipinski definition) is 7. The number of ether oxygens (including phenoxy) is 2. The summed E-state index contributed by atoms with van der Waals surface area (Å²) in [4.78, 5) is 52.0. The number of allylic oxidation sites excluding steroid dienone is 1. The van der Waals surface area contributed by atoms with Crippen LogP contribution in [-0.4, -0.2) is 37.4 Å². The molecule has 0 unspecified atom stereocenters. The van der Waals surface area contributed by atoms with E-state index in [1.54, 1.807) is 55.5 Å². The number of carbonyl (C=O) groups is 4. The highest BCUT2D eigenvalue weighted by Gasteiger charge is 2.38. The van der Waals surface area contributed by atoms with E-state index in [1.165, 1.54) is 18.1 Å². The van der Waals surface area contributed by atoms with Crippen molar-refractivity contribution in [2.45, 2.75) is 27.3 Å². The van der Waals surface area contributed by atoms with Gasteiger partial charge in [0, 0.05) is 17.1 Å². The number of esters is 1. The van der Waals surface area contributed by atoms with E-state index in [1.807, 2.05) is 26.0 Å². The number of benzene rings is 2. The Balaban J connectivity index is 1.48. The monoisotopic (exact) mass is 543 g/mol. The lowest BCUT2D eigenvalue weighted by Crippen LogP contribution is -2.34. The van der Waals surface area contributed by atoms with Crippen molar-refractivity contribution in [2.75, 3.05) is 23.9 Å². The van der Waals surface area contributed by atoms with Crippen LogP contribution < -0.4 is 20.3 Å². The second kappa shape index (κ2) is 12.2.